The Labute approximate surface area is 191 Å². The Bertz CT molecular complexity index is 1130. The lowest BCUT2D eigenvalue weighted by molar-refractivity contribution is -0.137. The monoisotopic (exact) mass is 453 g/mol. The second kappa shape index (κ2) is 9.90. The number of hydrogen-bond acceptors (Lipinski definition) is 4. The van der Waals surface area contributed by atoms with Gasteiger partial charge in [-0.1, -0.05) is 24.3 Å². The van der Waals surface area contributed by atoms with E-state index in [1.807, 2.05) is 24.3 Å². The summed E-state index contributed by atoms with van der Waals surface area (Å²) < 4.78 is 38.3. The molecule has 0 aliphatic carbocycles. The highest BCUT2D eigenvalue weighted by molar-refractivity contribution is 5.71. The summed E-state index contributed by atoms with van der Waals surface area (Å²) in [5.41, 5.74) is 3.11. The molecule has 172 valence electrons. The van der Waals surface area contributed by atoms with Crippen molar-refractivity contribution in [2.24, 2.45) is 0 Å². The van der Waals surface area contributed by atoms with Crippen LogP contribution in [0.4, 0.5) is 14.5 Å². The molecule has 0 saturated carbocycles. The highest BCUT2D eigenvalue weighted by Crippen LogP contribution is 2.33. The summed E-state index contributed by atoms with van der Waals surface area (Å²) in [6, 6.07) is 17.2. The fraction of sp³-hybridized carbons (Fsp3) is 0.269. The van der Waals surface area contributed by atoms with Crippen LogP contribution in [0.25, 0.3) is 11.1 Å². The van der Waals surface area contributed by atoms with Crippen molar-refractivity contribution in [2.45, 2.75) is 31.9 Å². The van der Waals surface area contributed by atoms with Crippen LogP contribution in [0.3, 0.4) is 0 Å². The number of nitrogens with zero attached hydrogens (tertiary/aromatic N) is 1. The quantitative estimate of drug-likeness (QED) is 0.477. The van der Waals surface area contributed by atoms with Gasteiger partial charge in [0, 0.05) is 29.9 Å². The molecule has 0 radical (unpaired) electrons. The fourth-order valence-electron chi connectivity index (χ4n) is 4.23. The van der Waals surface area contributed by atoms with E-state index in [0.29, 0.717) is 23.5 Å². The number of anilines is 1. The predicted octanol–water partition coefficient (Wildman–Crippen LogP) is 5.66. The molecule has 0 spiro atoms. The van der Waals surface area contributed by atoms with Gasteiger partial charge >= 0.3 is 5.97 Å². The van der Waals surface area contributed by atoms with Gasteiger partial charge in [-0.2, -0.15) is 0 Å². The minimum Gasteiger partial charge on any atom is -0.496 e. The first-order valence-corrected chi connectivity index (χ1v) is 10.8. The average Bonchev–Trinajstić information content (AvgIpc) is 3.27. The van der Waals surface area contributed by atoms with Gasteiger partial charge in [-0.25, -0.2) is 8.78 Å². The van der Waals surface area contributed by atoms with E-state index in [4.69, 9.17) is 14.6 Å². The minimum atomic E-state index is -0.957. The van der Waals surface area contributed by atoms with Crippen LogP contribution in [0.5, 0.6) is 11.5 Å². The number of benzene rings is 3. The molecule has 1 heterocycles. The zero-order chi connectivity index (χ0) is 23.4. The topological polar surface area (TPSA) is 59.0 Å². The van der Waals surface area contributed by atoms with Gasteiger partial charge in [0.05, 0.1) is 13.5 Å². The van der Waals surface area contributed by atoms with Crippen molar-refractivity contribution in [1.82, 2.24) is 0 Å². The summed E-state index contributed by atoms with van der Waals surface area (Å²) in [5, 5.41) is 9.16. The first-order valence-electron chi connectivity index (χ1n) is 10.8. The van der Waals surface area contributed by atoms with Crippen molar-refractivity contribution in [3.8, 4) is 22.6 Å². The van der Waals surface area contributed by atoms with Crippen molar-refractivity contribution in [3.05, 3.63) is 77.9 Å². The Kier molecular flexibility index (Phi) is 6.77. The number of aliphatic carboxylic acids is 1. The van der Waals surface area contributed by atoms with Crippen LogP contribution in [-0.2, 0) is 11.4 Å². The normalized spacial score (nSPS) is 15.5. The summed E-state index contributed by atoms with van der Waals surface area (Å²) in [6.45, 7) is 1.19. The molecule has 1 aliphatic heterocycles. The molecule has 33 heavy (non-hydrogen) atoms. The molecule has 1 fully saturated rings. The van der Waals surface area contributed by atoms with Crippen molar-refractivity contribution >= 4 is 11.7 Å². The van der Waals surface area contributed by atoms with E-state index in [0.717, 1.165) is 42.8 Å². The maximum absolute atomic E-state index is 13.7. The Balaban J connectivity index is 1.44. The molecule has 3 aromatic rings. The lowest BCUT2D eigenvalue weighted by Crippen LogP contribution is -2.31. The van der Waals surface area contributed by atoms with Crippen molar-refractivity contribution < 1.29 is 28.2 Å². The standard InChI is InChI=1S/C26H25F2NO4/c1-32-25-15-24(28)23(27)14-22(25)18-7-9-21(10-8-18)33-16-17-4-2-5-19(12-17)29-11-3-6-20(29)13-26(30)31/h2,4-5,7-10,12,14-15,20H,3,6,11,13,16H2,1H3,(H,30,31)/t20-/m0/s1. The Morgan fingerprint density at radius 2 is 1.85 bits per heavy atom. The summed E-state index contributed by atoms with van der Waals surface area (Å²) in [6.07, 6.45) is 1.99. The van der Waals surface area contributed by atoms with E-state index in [9.17, 15) is 13.6 Å². The third-order valence-electron chi connectivity index (χ3n) is 5.84. The molecule has 0 amide bonds. The molecule has 1 aliphatic rings. The van der Waals surface area contributed by atoms with Crippen LogP contribution in [0.2, 0.25) is 0 Å². The van der Waals surface area contributed by atoms with E-state index in [2.05, 4.69) is 4.90 Å². The first kappa shape index (κ1) is 22.6. The van der Waals surface area contributed by atoms with Gasteiger partial charge in [0.2, 0.25) is 0 Å². The molecule has 3 aromatic carbocycles. The number of ether oxygens (including phenoxy) is 2. The van der Waals surface area contributed by atoms with E-state index < -0.39 is 17.6 Å². The zero-order valence-electron chi connectivity index (χ0n) is 18.3. The van der Waals surface area contributed by atoms with Gasteiger partial charge in [0.25, 0.3) is 0 Å². The van der Waals surface area contributed by atoms with Gasteiger partial charge in [-0.15, -0.1) is 0 Å². The van der Waals surface area contributed by atoms with Gasteiger partial charge in [0.15, 0.2) is 11.6 Å². The molecule has 1 N–H and O–H groups in total. The highest BCUT2D eigenvalue weighted by atomic mass is 19.2. The van der Waals surface area contributed by atoms with Crippen molar-refractivity contribution in [1.29, 1.82) is 0 Å². The number of rotatable bonds is 8. The molecular weight excluding hydrogens is 428 g/mol. The van der Waals surface area contributed by atoms with Crippen LogP contribution in [0, 0.1) is 11.6 Å². The molecule has 4 rings (SSSR count). The summed E-state index contributed by atoms with van der Waals surface area (Å²) >= 11 is 0. The maximum Gasteiger partial charge on any atom is 0.305 e. The Morgan fingerprint density at radius 3 is 2.58 bits per heavy atom. The van der Waals surface area contributed by atoms with Crippen LogP contribution in [-0.4, -0.2) is 30.8 Å². The highest BCUT2D eigenvalue weighted by Gasteiger charge is 2.26. The van der Waals surface area contributed by atoms with Crippen molar-refractivity contribution in [2.75, 3.05) is 18.6 Å². The predicted molar refractivity (Wildman–Crippen MR) is 122 cm³/mol. The van der Waals surface area contributed by atoms with Crippen LogP contribution in [0.1, 0.15) is 24.8 Å². The second-order valence-corrected chi connectivity index (χ2v) is 8.04. The fourth-order valence-corrected chi connectivity index (χ4v) is 4.23. The van der Waals surface area contributed by atoms with Gasteiger partial charge < -0.3 is 19.5 Å². The summed E-state index contributed by atoms with van der Waals surface area (Å²) in [4.78, 5) is 13.3. The lowest BCUT2D eigenvalue weighted by atomic mass is 10.0. The number of methoxy groups -OCH3 is 1. The molecule has 5 nitrogen and oxygen atoms in total. The van der Waals surface area contributed by atoms with Gasteiger partial charge in [-0.05, 0) is 54.3 Å². The largest absolute Gasteiger partial charge is 0.496 e. The number of carbonyl (C=O) groups is 1. The Hall–Kier alpha value is -3.61. The Morgan fingerprint density at radius 1 is 1.09 bits per heavy atom. The van der Waals surface area contributed by atoms with E-state index in [1.165, 1.54) is 7.11 Å². The molecule has 0 unspecified atom stereocenters. The van der Waals surface area contributed by atoms with E-state index in [-0.39, 0.29) is 18.2 Å². The van der Waals surface area contributed by atoms with Crippen molar-refractivity contribution in [3.63, 3.8) is 0 Å². The second-order valence-electron chi connectivity index (χ2n) is 8.04. The molecule has 0 aromatic heterocycles. The summed E-state index contributed by atoms with van der Waals surface area (Å²) in [7, 11) is 1.41. The minimum absolute atomic E-state index is 0.0134. The SMILES string of the molecule is COc1cc(F)c(F)cc1-c1ccc(OCc2cccc(N3CCC[C@H]3CC(=O)O)c2)cc1. The smallest absolute Gasteiger partial charge is 0.305 e. The van der Waals surface area contributed by atoms with E-state index in [1.54, 1.807) is 24.3 Å². The van der Waals surface area contributed by atoms with Crippen LogP contribution in [0.15, 0.2) is 60.7 Å². The van der Waals surface area contributed by atoms with Crippen LogP contribution < -0.4 is 14.4 Å². The van der Waals surface area contributed by atoms with Gasteiger partial charge in [-0.3, -0.25) is 4.79 Å². The number of carboxylic acids is 1. The summed E-state index contributed by atoms with van der Waals surface area (Å²) in [5.74, 6) is -1.79. The zero-order valence-corrected chi connectivity index (χ0v) is 18.3. The molecule has 1 saturated heterocycles. The number of hydrogen-bond donors (Lipinski definition) is 1. The molecular formula is C26H25F2NO4. The lowest BCUT2D eigenvalue weighted by Gasteiger charge is -2.26. The maximum atomic E-state index is 13.7. The molecule has 7 heteroatoms. The third-order valence-corrected chi connectivity index (χ3v) is 5.84. The average molecular weight is 453 g/mol. The molecule has 0 bridgehead atoms. The van der Waals surface area contributed by atoms with Crippen LogP contribution >= 0.6 is 0 Å². The van der Waals surface area contributed by atoms with Gasteiger partial charge in [0.1, 0.15) is 18.1 Å². The first-order chi connectivity index (χ1) is 15.9. The molecule has 1 atom stereocenters. The third kappa shape index (κ3) is 5.25. The number of carboxylic acid groups (broad SMARTS) is 1. The number of halogens is 2. The van der Waals surface area contributed by atoms with E-state index >= 15 is 0 Å².